The van der Waals surface area contributed by atoms with Crippen molar-refractivity contribution in [3.05, 3.63) is 83.7 Å². The van der Waals surface area contributed by atoms with E-state index in [1.807, 2.05) is 10.6 Å². The third-order valence-electron chi connectivity index (χ3n) is 7.20. The molecule has 2 bridgehead atoms. The van der Waals surface area contributed by atoms with Crippen molar-refractivity contribution >= 4 is 23.5 Å². The number of nitrogens with zero attached hydrogens (tertiary/aromatic N) is 5. The number of benzene rings is 3. The SMILES string of the molecule is CP(C)(=O)c1ccc(-c2cc3c(cc2F)nc2n3[C@H]3C[C@@H]2n2ncnc2-c2cccc(F)c23)cc1F. The zero-order chi connectivity index (χ0) is 24.9. The first-order valence-electron chi connectivity index (χ1n) is 11.5. The Morgan fingerprint density at radius 1 is 0.944 bits per heavy atom. The lowest BCUT2D eigenvalue weighted by Crippen LogP contribution is -2.13. The van der Waals surface area contributed by atoms with Gasteiger partial charge in [0.1, 0.15) is 42.8 Å². The van der Waals surface area contributed by atoms with E-state index in [1.165, 1.54) is 43.9 Å². The normalized spacial score (nSPS) is 18.1. The average molecular weight is 505 g/mol. The summed E-state index contributed by atoms with van der Waals surface area (Å²) in [6.45, 7) is 2.98. The van der Waals surface area contributed by atoms with Crippen LogP contribution in [-0.4, -0.2) is 37.6 Å². The molecule has 180 valence electrons. The lowest BCUT2D eigenvalue weighted by molar-refractivity contribution is 0.495. The van der Waals surface area contributed by atoms with Gasteiger partial charge in [0.25, 0.3) is 0 Å². The van der Waals surface area contributed by atoms with Crippen molar-refractivity contribution in [1.29, 1.82) is 0 Å². The van der Waals surface area contributed by atoms with Gasteiger partial charge < -0.3 is 9.13 Å². The van der Waals surface area contributed by atoms with Crippen molar-refractivity contribution in [2.75, 3.05) is 13.3 Å². The number of rotatable bonds is 2. The largest absolute Gasteiger partial charge is 0.319 e. The van der Waals surface area contributed by atoms with Crippen LogP contribution in [0.25, 0.3) is 33.5 Å². The van der Waals surface area contributed by atoms with Crippen LogP contribution in [0.1, 0.15) is 29.9 Å². The highest BCUT2D eigenvalue weighted by Gasteiger charge is 2.43. The number of aromatic nitrogens is 5. The molecule has 2 aliphatic heterocycles. The topological polar surface area (TPSA) is 65.6 Å². The van der Waals surface area contributed by atoms with Gasteiger partial charge in [-0.05, 0) is 43.2 Å². The van der Waals surface area contributed by atoms with Crippen LogP contribution >= 0.6 is 7.14 Å². The summed E-state index contributed by atoms with van der Waals surface area (Å²) in [6, 6.07) is 11.4. The number of hydrogen-bond acceptors (Lipinski definition) is 4. The standard InChI is InChI=1S/C26H19F3N5OP/c1-36(2,35)23-7-6-13(8-18(23)29)15-9-20-19(10-17(15)28)32-26-22-11-21(33(20)26)24-14(4-3-5-16(24)27)25-30-12-31-34(22)25/h3-10,12,21-22H,11H2,1-2H3/t21-,22-/m0/s1. The quantitative estimate of drug-likeness (QED) is 0.296. The number of fused-ring (bicyclic) bond motifs is 6. The van der Waals surface area contributed by atoms with Gasteiger partial charge in [0.2, 0.25) is 0 Å². The summed E-state index contributed by atoms with van der Waals surface area (Å²) in [5, 5.41) is 4.53. The van der Waals surface area contributed by atoms with E-state index in [1.54, 1.807) is 22.9 Å². The zero-order valence-electron chi connectivity index (χ0n) is 19.3. The van der Waals surface area contributed by atoms with Gasteiger partial charge in [0, 0.05) is 34.5 Å². The van der Waals surface area contributed by atoms with Gasteiger partial charge >= 0.3 is 0 Å². The Labute approximate surface area is 203 Å². The smallest absolute Gasteiger partial charge is 0.159 e. The van der Waals surface area contributed by atoms with Gasteiger partial charge in [-0.15, -0.1) is 0 Å². The minimum Gasteiger partial charge on any atom is -0.319 e. The van der Waals surface area contributed by atoms with Crippen molar-refractivity contribution in [3.8, 4) is 22.5 Å². The number of imidazole rings is 1. The van der Waals surface area contributed by atoms with Gasteiger partial charge in [-0.1, -0.05) is 18.2 Å². The molecular formula is C26H19F3N5OP. The predicted octanol–water partition coefficient (Wildman–Crippen LogP) is 5.52. The second kappa shape index (κ2) is 7.17. The fourth-order valence-electron chi connectivity index (χ4n) is 5.65. The van der Waals surface area contributed by atoms with E-state index < -0.39 is 24.8 Å². The third kappa shape index (κ3) is 2.86. The van der Waals surface area contributed by atoms with E-state index in [4.69, 9.17) is 4.98 Å². The minimum absolute atomic E-state index is 0.124. The van der Waals surface area contributed by atoms with Crippen LogP contribution in [0.3, 0.4) is 0 Å². The van der Waals surface area contributed by atoms with Gasteiger partial charge in [-0.2, -0.15) is 5.10 Å². The lowest BCUT2D eigenvalue weighted by atomic mass is 9.97. The summed E-state index contributed by atoms with van der Waals surface area (Å²) in [7, 11) is -2.82. The van der Waals surface area contributed by atoms with E-state index >= 15 is 8.78 Å². The van der Waals surface area contributed by atoms with Crippen LogP contribution in [0.15, 0.2) is 54.9 Å². The highest BCUT2D eigenvalue weighted by atomic mass is 31.2. The fraction of sp³-hybridized carbons (Fsp3) is 0.192. The Morgan fingerprint density at radius 2 is 1.78 bits per heavy atom. The molecule has 10 heteroatoms. The maximum atomic E-state index is 15.3. The molecule has 0 saturated heterocycles. The Morgan fingerprint density at radius 3 is 2.56 bits per heavy atom. The molecule has 5 aromatic rings. The molecule has 0 radical (unpaired) electrons. The van der Waals surface area contributed by atoms with Crippen LogP contribution in [0.4, 0.5) is 13.2 Å². The second-order valence-electron chi connectivity index (χ2n) is 9.67. The molecule has 0 amide bonds. The molecule has 0 aliphatic carbocycles. The first-order valence-corrected chi connectivity index (χ1v) is 14.1. The van der Waals surface area contributed by atoms with Gasteiger partial charge in [0.05, 0.1) is 17.1 Å². The van der Waals surface area contributed by atoms with Gasteiger partial charge in [-0.3, -0.25) is 0 Å². The predicted molar refractivity (Wildman–Crippen MR) is 130 cm³/mol. The molecule has 2 atom stereocenters. The summed E-state index contributed by atoms with van der Waals surface area (Å²) in [5.74, 6) is -0.334. The Hall–Kier alpha value is -3.71. The van der Waals surface area contributed by atoms with E-state index in [0.29, 0.717) is 45.8 Å². The lowest BCUT2D eigenvalue weighted by Gasteiger charge is -2.19. The molecule has 7 rings (SSSR count). The van der Waals surface area contributed by atoms with E-state index in [-0.39, 0.29) is 22.7 Å². The van der Waals surface area contributed by atoms with Crippen molar-refractivity contribution in [2.24, 2.45) is 0 Å². The maximum absolute atomic E-state index is 15.3. The maximum Gasteiger partial charge on any atom is 0.159 e. The van der Waals surface area contributed by atoms with Gasteiger partial charge in [-0.25, -0.2) is 27.8 Å². The minimum atomic E-state index is -2.82. The van der Waals surface area contributed by atoms with E-state index in [9.17, 15) is 8.96 Å². The Bertz CT molecular complexity index is 1790. The molecule has 0 N–H and O–H groups in total. The number of halogens is 3. The molecule has 0 unspecified atom stereocenters. The first-order chi connectivity index (χ1) is 17.2. The van der Waals surface area contributed by atoms with Crippen LogP contribution in [0, 0.1) is 17.5 Å². The molecule has 0 saturated carbocycles. The van der Waals surface area contributed by atoms with E-state index in [2.05, 4.69) is 10.1 Å². The van der Waals surface area contributed by atoms with Crippen LogP contribution < -0.4 is 5.30 Å². The molecule has 36 heavy (non-hydrogen) atoms. The van der Waals surface area contributed by atoms with Crippen molar-refractivity contribution in [2.45, 2.75) is 18.5 Å². The van der Waals surface area contributed by atoms with Crippen molar-refractivity contribution < 1.29 is 17.7 Å². The molecule has 6 nitrogen and oxygen atoms in total. The average Bonchev–Trinajstić information content (AvgIpc) is 3.49. The van der Waals surface area contributed by atoms with Gasteiger partial charge in [0.15, 0.2) is 5.82 Å². The fourth-order valence-corrected chi connectivity index (χ4v) is 6.66. The molecular weight excluding hydrogens is 486 g/mol. The molecule has 4 heterocycles. The van der Waals surface area contributed by atoms with E-state index in [0.717, 1.165) is 0 Å². The second-order valence-corrected chi connectivity index (χ2v) is 12.9. The monoisotopic (exact) mass is 505 g/mol. The summed E-state index contributed by atoms with van der Waals surface area (Å²) in [4.78, 5) is 9.10. The molecule has 0 spiro atoms. The van der Waals surface area contributed by atoms with Crippen molar-refractivity contribution in [1.82, 2.24) is 24.3 Å². The van der Waals surface area contributed by atoms with Crippen molar-refractivity contribution in [3.63, 3.8) is 0 Å². The zero-order valence-corrected chi connectivity index (χ0v) is 20.2. The molecule has 3 aromatic carbocycles. The summed E-state index contributed by atoms with van der Waals surface area (Å²) < 4.78 is 61.4. The van der Waals surface area contributed by atoms with Crippen LogP contribution in [0.2, 0.25) is 0 Å². The third-order valence-corrected chi connectivity index (χ3v) is 8.72. The summed E-state index contributed by atoms with van der Waals surface area (Å²) >= 11 is 0. The van der Waals surface area contributed by atoms with Crippen LogP contribution in [0.5, 0.6) is 0 Å². The number of hydrogen-bond donors (Lipinski definition) is 0. The molecule has 0 fully saturated rings. The Kier molecular flexibility index (Phi) is 4.29. The highest BCUT2D eigenvalue weighted by Crippen LogP contribution is 2.50. The summed E-state index contributed by atoms with van der Waals surface area (Å²) in [5.41, 5.74) is 2.71. The Balaban J connectivity index is 1.47. The summed E-state index contributed by atoms with van der Waals surface area (Å²) in [6.07, 6.45) is 1.97. The molecule has 2 aliphatic rings. The first kappa shape index (κ1) is 21.6. The molecule has 2 aromatic heterocycles. The highest BCUT2D eigenvalue weighted by molar-refractivity contribution is 7.70. The van der Waals surface area contributed by atoms with Crippen LogP contribution in [-0.2, 0) is 4.57 Å².